The maximum absolute atomic E-state index is 10.3. The van der Waals surface area contributed by atoms with Gasteiger partial charge in [-0.15, -0.1) is 0 Å². The average molecular weight is 181 g/mol. The number of aliphatic carboxylic acids is 1. The summed E-state index contributed by atoms with van der Waals surface area (Å²) < 4.78 is 2.41. The highest BCUT2D eigenvalue weighted by Crippen LogP contribution is 2.02. The van der Waals surface area contributed by atoms with Crippen molar-refractivity contribution in [2.75, 3.05) is 11.5 Å². The van der Waals surface area contributed by atoms with Gasteiger partial charge < -0.3 is 5.11 Å². The van der Waals surface area contributed by atoms with Crippen LogP contribution in [-0.2, 0) is 4.79 Å². The fourth-order valence-electron chi connectivity index (χ4n) is 0.399. The van der Waals surface area contributed by atoms with Crippen LogP contribution in [0.3, 0.4) is 0 Å². The van der Waals surface area contributed by atoms with Crippen molar-refractivity contribution >= 4 is 30.5 Å². The molecule has 3 nitrogen and oxygen atoms in total. The van der Waals surface area contributed by atoms with Crippen LogP contribution in [0.25, 0.3) is 0 Å². The van der Waals surface area contributed by atoms with Gasteiger partial charge in [-0.2, -0.15) is 11.8 Å². The summed E-state index contributed by atoms with van der Waals surface area (Å²) in [6.45, 7) is 1.99. The quantitative estimate of drug-likeness (QED) is 0.544. The monoisotopic (exact) mass is 181 g/mol. The summed E-state index contributed by atoms with van der Waals surface area (Å²) in [6, 6.07) is -0.534. The molecular formula is C5H11NO2S2. The summed E-state index contributed by atoms with van der Waals surface area (Å²) in [5.41, 5.74) is 0. The predicted molar refractivity (Wildman–Crippen MR) is 46.5 cm³/mol. The second kappa shape index (κ2) is 5.88. The molecule has 0 aromatic rings. The van der Waals surface area contributed by atoms with E-state index in [1.165, 1.54) is 0 Å². The maximum atomic E-state index is 10.3. The number of thiol groups is 1. The van der Waals surface area contributed by atoms with E-state index in [0.29, 0.717) is 5.75 Å². The Kier molecular flexibility index (Phi) is 5.96. The number of carboxylic acid groups (broad SMARTS) is 1. The Morgan fingerprint density at radius 3 is 2.80 bits per heavy atom. The summed E-state index contributed by atoms with van der Waals surface area (Å²) in [6.07, 6.45) is 0. The Morgan fingerprint density at radius 1 is 1.90 bits per heavy atom. The minimum Gasteiger partial charge on any atom is -0.480 e. The van der Waals surface area contributed by atoms with Crippen LogP contribution in [0.4, 0.5) is 0 Å². The third-order valence-corrected chi connectivity index (χ3v) is 2.23. The molecule has 0 aliphatic rings. The van der Waals surface area contributed by atoms with Crippen LogP contribution in [0.15, 0.2) is 0 Å². The van der Waals surface area contributed by atoms with Crippen molar-refractivity contribution in [3.63, 3.8) is 0 Å². The van der Waals surface area contributed by atoms with Crippen molar-refractivity contribution in [1.29, 1.82) is 0 Å². The van der Waals surface area contributed by atoms with Gasteiger partial charge in [0.1, 0.15) is 6.04 Å². The molecule has 0 amide bonds. The molecule has 0 aromatic carbocycles. The zero-order valence-electron chi connectivity index (χ0n) is 5.70. The molecule has 0 fully saturated rings. The summed E-state index contributed by atoms with van der Waals surface area (Å²) in [4.78, 5) is 10.3. The molecule has 60 valence electrons. The SMILES string of the molecule is CCSC[C@H](NS)C(=O)O. The first-order valence-electron chi connectivity index (χ1n) is 2.92. The van der Waals surface area contributed by atoms with Crippen molar-refractivity contribution in [3.05, 3.63) is 0 Å². The van der Waals surface area contributed by atoms with Crippen molar-refractivity contribution in [2.45, 2.75) is 13.0 Å². The van der Waals surface area contributed by atoms with Gasteiger partial charge in [-0.05, 0) is 5.75 Å². The second-order valence-corrected chi connectivity index (χ2v) is 3.26. The van der Waals surface area contributed by atoms with Crippen LogP contribution in [0.1, 0.15) is 6.92 Å². The highest BCUT2D eigenvalue weighted by atomic mass is 32.2. The van der Waals surface area contributed by atoms with E-state index >= 15 is 0 Å². The Balaban J connectivity index is 3.50. The van der Waals surface area contributed by atoms with E-state index in [9.17, 15) is 4.79 Å². The molecule has 1 atom stereocenters. The summed E-state index contributed by atoms with van der Waals surface area (Å²) >= 11 is 5.26. The molecule has 0 aliphatic heterocycles. The van der Waals surface area contributed by atoms with Crippen molar-refractivity contribution in [3.8, 4) is 0 Å². The molecule has 0 aromatic heterocycles. The molecule has 2 N–H and O–H groups in total. The van der Waals surface area contributed by atoms with E-state index in [2.05, 4.69) is 17.5 Å². The van der Waals surface area contributed by atoms with E-state index in [4.69, 9.17) is 5.11 Å². The smallest absolute Gasteiger partial charge is 0.322 e. The largest absolute Gasteiger partial charge is 0.480 e. The molecule has 0 bridgehead atoms. The summed E-state index contributed by atoms with van der Waals surface area (Å²) in [5.74, 6) is 0.644. The van der Waals surface area contributed by atoms with Crippen LogP contribution >= 0.6 is 24.6 Å². The molecule has 0 saturated carbocycles. The van der Waals surface area contributed by atoms with Gasteiger partial charge in [0.25, 0.3) is 0 Å². The molecule has 0 rings (SSSR count). The number of nitrogens with one attached hydrogen (secondary N) is 1. The van der Waals surface area contributed by atoms with Gasteiger partial charge in [0.2, 0.25) is 0 Å². The standard InChI is InChI=1S/C5H11NO2S2/c1-2-10-3-4(6-9)5(7)8/h4,6,9H,2-3H2,1H3,(H,7,8)/t4-/m0/s1. The lowest BCUT2D eigenvalue weighted by Crippen LogP contribution is -2.33. The molecule has 5 heteroatoms. The van der Waals surface area contributed by atoms with Crippen LogP contribution in [0, 0.1) is 0 Å². The highest BCUT2D eigenvalue weighted by molar-refractivity contribution is 7.99. The van der Waals surface area contributed by atoms with Crippen molar-refractivity contribution in [1.82, 2.24) is 4.72 Å². The van der Waals surface area contributed by atoms with Gasteiger partial charge in [-0.3, -0.25) is 9.52 Å². The molecule has 0 spiro atoms. The number of carboxylic acids is 1. The van der Waals surface area contributed by atoms with Crippen LogP contribution < -0.4 is 4.72 Å². The normalized spacial score (nSPS) is 13.0. The summed E-state index contributed by atoms with van der Waals surface area (Å²) in [5, 5.41) is 8.48. The molecule has 0 unspecified atom stereocenters. The van der Waals surface area contributed by atoms with E-state index in [1.54, 1.807) is 11.8 Å². The topological polar surface area (TPSA) is 49.3 Å². The molecule has 0 heterocycles. The minimum atomic E-state index is -0.851. The molecule has 10 heavy (non-hydrogen) atoms. The van der Waals surface area contributed by atoms with Crippen LogP contribution in [-0.4, -0.2) is 28.6 Å². The highest BCUT2D eigenvalue weighted by Gasteiger charge is 2.13. The zero-order chi connectivity index (χ0) is 7.98. The van der Waals surface area contributed by atoms with E-state index in [1.807, 2.05) is 6.92 Å². The second-order valence-electron chi connectivity index (χ2n) is 1.68. The van der Waals surface area contributed by atoms with E-state index in [-0.39, 0.29) is 0 Å². The van der Waals surface area contributed by atoms with E-state index in [0.717, 1.165) is 5.75 Å². The lowest BCUT2D eigenvalue weighted by molar-refractivity contribution is -0.138. The lowest BCUT2D eigenvalue weighted by atomic mass is 10.4. The number of rotatable bonds is 5. The first-order chi connectivity index (χ1) is 4.72. The van der Waals surface area contributed by atoms with Crippen LogP contribution in [0.5, 0.6) is 0 Å². The van der Waals surface area contributed by atoms with Gasteiger partial charge >= 0.3 is 5.97 Å². The van der Waals surface area contributed by atoms with Gasteiger partial charge in [-0.1, -0.05) is 19.7 Å². The van der Waals surface area contributed by atoms with Crippen molar-refractivity contribution in [2.24, 2.45) is 0 Å². The van der Waals surface area contributed by atoms with Gasteiger partial charge in [0.15, 0.2) is 0 Å². The molecular weight excluding hydrogens is 170 g/mol. The number of carbonyl (C=O) groups is 1. The third kappa shape index (κ3) is 4.03. The molecule has 0 aliphatic carbocycles. The predicted octanol–water partition coefficient (Wildman–Crippen LogP) is 0.627. The third-order valence-electron chi connectivity index (χ3n) is 0.943. The Hall–Kier alpha value is 0.130. The maximum Gasteiger partial charge on any atom is 0.322 e. The number of hydrogen-bond donors (Lipinski definition) is 3. The number of hydrogen-bond acceptors (Lipinski definition) is 4. The van der Waals surface area contributed by atoms with Crippen LogP contribution in [0.2, 0.25) is 0 Å². The Bertz CT molecular complexity index is 110. The van der Waals surface area contributed by atoms with Crippen molar-refractivity contribution < 1.29 is 9.90 Å². The number of thioether (sulfide) groups is 1. The fraction of sp³-hybridized carbons (Fsp3) is 0.800. The van der Waals surface area contributed by atoms with Gasteiger partial charge in [0.05, 0.1) is 0 Å². The van der Waals surface area contributed by atoms with Gasteiger partial charge in [0, 0.05) is 5.75 Å². The molecule has 0 saturated heterocycles. The lowest BCUT2D eigenvalue weighted by Gasteiger charge is -2.07. The first kappa shape index (κ1) is 10.1. The van der Waals surface area contributed by atoms with Gasteiger partial charge in [-0.25, -0.2) is 0 Å². The average Bonchev–Trinajstić information content (AvgIpc) is 1.89. The Labute approximate surface area is 70.1 Å². The Morgan fingerprint density at radius 2 is 2.50 bits per heavy atom. The zero-order valence-corrected chi connectivity index (χ0v) is 7.41. The molecule has 0 radical (unpaired) electrons. The summed E-state index contributed by atoms with van der Waals surface area (Å²) in [7, 11) is 0. The van der Waals surface area contributed by atoms with E-state index < -0.39 is 12.0 Å². The fourth-order valence-corrected chi connectivity index (χ4v) is 1.42. The minimum absolute atomic E-state index is 0.534. The first-order valence-corrected chi connectivity index (χ1v) is 4.52.